The Morgan fingerprint density at radius 1 is 1.31 bits per heavy atom. The van der Waals surface area contributed by atoms with E-state index in [1.165, 1.54) is 17.6 Å². The number of halogens is 1. The molecular formula is C8H10BrNO2S. The Morgan fingerprint density at radius 3 is 2.31 bits per heavy atom. The highest BCUT2D eigenvalue weighted by molar-refractivity contribution is 9.10. The van der Waals surface area contributed by atoms with Crippen molar-refractivity contribution in [3.05, 3.63) is 28.7 Å². The molecule has 0 bridgehead atoms. The van der Waals surface area contributed by atoms with Gasteiger partial charge in [0.05, 0.1) is 11.9 Å². The minimum absolute atomic E-state index is 0.644. The van der Waals surface area contributed by atoms with Crippen LogP contribution in [0.1, 0.15) is 0 Å². The lowest BCUT2D eigenvalue weighted by Crippen LogP contribution is -2.25. The lowest BCUT2D eigenvalue weighted by Gasteiger charge is -2.17. The summed E-state index contributed by atoms with van der Waals surface area (Å²) >= 11 is 3.28. The van der Waals surface area contributed by atoms with E-state index >= 15 is 0 Å². The van der Waals surface area contributed by atoms with Crippen LogP contribution in [0.15, 0.2) is 28.7 Å². The van der Waals surface area contributed by atoms with Crippen LogP contribution in [0.3, 0.4) is 0 Å². The fraction of sp³-hybridized carbons (Fsp3) is 0.250. The Kier molecular flexibility index (Phi) is 2.98. The van der Waals surface area contributed by atoms with Crippen molar-refractivity contribution in [3.8, 4) is 0 Å². The fourth-order valence-electron chi connectivity index (χ4n) is 0.886. The van der Waals surface area contributed by atoms with Gasteiger partial charge in [-0.05, 0) is 28.1 Å². The predicted molar refractivity (Wildman–Crippen MR) is 57.4 cm³/mol. The standard InChI is InChI=1S/C8H10BrNO2S/c1-10(13(2,11)12)8-6-4-3-5-7(8)9/h3-6H,1-2H3. The van der Waals surface area contributed by atoms with Crippen LogP contribution in [0.2, 0.25) is 0 Å². The Labute approximate surface area is 86.5 Å². The lowest BCUT2D eigenvalue weighted by atomic mass is 10.3. The molecule has 5 heteroatoms. The Balaban J connectivity index is 3.17. The van der Waals surface area contributed by atoms with E-state index < -0.39 is 10.0 Å². The predicted octanol–water partition coefficient (Wildman–Crippen LogP) is 1.84. The molecule has 0 unspecified atom stereocenters. The van der Waals surface area contributed by atoms with Gasteiger partial charge >= 0.3 is 0 Å². The van der Waals surface area contributed by atoms with Crippen molar-refractivity contribution in [2.75, 3.05) is 17.6 Å². The van der Waals surface area contributed by atoms with Crippen LogP contribution in [0.25, 0.3) is 0 Å². The Morgan fingerprint density at radius 2 is 1.85 bits per heavy atom. The van der Waals surface area contributed by atoms with Crippen molar-refractivity contribution in [3.63, 3.8) is 0 Å². The molecule has 0 fully saturated rings. The molecule has 0 amide bonds. The number of para-hydroxylation sites is 1. The first-order valence-electron chi connectivity index (χ1n) is 3.61. The van der Waals surface area contributed by atoms with Gasteiger partial charge in [0.25, 0.3) is 0 Å². The molecule has 0 saturated carbocycles. The van der Waals surface area contributed by atoms with Gasteiger partial charge in [-0.2, -0.15) is 0 Å². The van der Waals surface area contributed by atoms with E-state index in [1.807, 2.05) is 6.07 Å². The maximum Gasteiger partial charge on any atom is 0.232 e. The quantitative estimate of drug-likeness (QED) is 0.817. The van der Waals surface area contributed by atoms with E-state index in [1.54, 1.807) is 18.2 Å². The summed E-state index contributed by atoms with van der Waals surface area (Å²) < 4.78 is 24.4. The molecule has 0 aliphatic heterocycles. The van der Waals surface area contributed by atoms with E-state index in [-0.39, 0.29) is 0 Å². The number of hydrogen-bond acceptors (Lipinski definition) is 2. The van der Waals surface area contributed by atoms with Crippen molar-refractivity contribution >= 4 is 31.6 Å². The van der Waals surface area contributed by atoms with Gasteiger partial charge in [0, 0.05) is 11.5 Å². The third-order valence-corrected chi connectivity index (χ3v) is 3.55. The van der Waals surface area contributed by atoms with Gasteiger partial charge in [-0.1, -0.05) is 12.1 Å². The Hall–Kier alpha value is -0.550. The molecule has 0 aromatic heterocycles. The molecule has 72 valence electrons. The zero-order valence-electron chi connectivity index (χ0n) is 7.36. The molecule has 0 saturated heterocycles. The lowest BCUT2D eigenvalue weighted by molar-refractivity contribution is 0.600. The molecule has 0 heterocycles. The number of benzene rings is 1. The van der Waals surface area contributed by atoms with Gasteiger partial charge in [-0.15, -0.1) is 0 Å². The molecule has 0 aliphatic rings. The average Bonchev–Trinajstić information content (AvgIpc) is 2.02. The SMILES string of the molecule is CN(c1ccccc1Br)S(C)(=O)=O. The van der Waals surface area contributed by atoms with Gasteiger partial charge in [-0.3, -0.25) is 4.31 Å². The Bertz CT molecular complexity index is 402. The summed E-state index contributed by atoms with van der Waals surface area (Å²) in [5, 5.41) is 0. The maximum absolute atomic E-state index is 11.2. The molecule has 1 aromatic carbocycles. The topological polar surface area (TPSA) is 37.4 Å². The van der Waals surface area contributed by atoms with Gasteiger partial charge in [0.15, 0.2) is 0 Å². The van der Waals surface area contributed by atoms with E-state index in [0.29, 0.717) is 5.69 Å². The molecule has 1 rings (SSSR count). The van der Waals surface area contributed by atoms with Crippen LogP contribution < -0.4 is 4.31 Å². The van der Waals surface area contributed by atoms with Crippen LogP contribution in [-0.2, 0) is 10.0 Å². The van der Waals surface area contributed by atoms with Crippen LogP contribution in [0.5, 0.6) is 0 Å². The monoisotopic (exact) mass is 263 g/mol. The molecule has 3 nitrogen and oxygen atoms in total. The van der Waals surface area contributed by atoms with Crippen molar-refractivity contribution in [1.82, 2.24) is 0 Å². The molecule has 0 aliphatic carbocycles. The highest BCUT2D eigenvalue weighted by Gasteiger charge is 2.13. The van der Waals surface area contributed by atoms with Crippen LogP contribution in [0.4, 0.5) is 5.69 Å². The van der Waals surface area contributed by atoms with E-state index in [2.05, 4.69) is 15.9 Å². The zero-order chi connectivity index (χ0) is 10.1. The van der Waals surface area contributed by atoms with Crippen LogP contribution in [0, 0.1) is 0 Å². The van der Waals surface area contributed by atoms with Crippen LogP contribution in [-0.4, -0.2) is 21.7 Å². The molecule has 1 aromatic rings. The summed E-state index contributed by atoms with van der Waals surface area (Å²) in [6, 6.07) is 7.17. The molecule has 0 radical (unpaired) electrons. The number of sulfonamides is 1. The van der Waals surface area contributed by atoms with Gasteiger partial charge < -0.3 is 0 Å². The second-order valence-corrected chi connectivity index (χ2v) is 5.55. The van der Waals surface area contributed by atoms with Gasteiger partial charge in [0.2, 0.25) is 10.0 Å². The van der Waals surface area contributed by atoms with E-state index in [4.69, 9.17) is 0 Å². The summed E-state index contributed by atoms with van der Waals surface area (Å²) in [5.74, 6) is 0. The fourth-order valence-corrected chi connectivity index (χ4v) is 2.07. The van der Waals surface area contributed by atoms with E-state index in [0.717, 1.165) is 4.47 Å². The number of hydrogen-bond donors (Lipinski definition) is 0. The highest BCUT2D eigenvalue weighted by atomic mass is 79.9. The van der Waals surface area contributed by atoms with Crippen molar-refractivity contribution in [1.29, 1.82) is 0 Å². The summed E-state index contributed by atoms with van der Waals surface area (Å²) in [7, 11) is -1.65. The number of rotatable bonds is 2. The zero-order valence-corrected chi connectivity index (χ0v) is 9.76. The van der Waals surface area contributed by atoms with Crippen molar-refractivity contribution in [2.45, 2.75) is 0 Å². The van der Waals surface area contributed by atoms with Crippen molar-refractivity contribution in [2.24, 2.45) is 0 Å². The molecule has 0 N–H and O–H groups in total. The first-order chi connectivity index (χ1) is 5.93. The highest BCUT2D eigenvalue weighted by Crippen LogP contribution is 2.25. The minimum Gasteiger partial charge on any atom is -0.272 e. The van der Waals surface area contributed by atoms with Gasteiger partial charge in [0.1, 0.15) is 0 Å². The molecular weight excluding hydrogens is 254 g/mol. The van der Waals surface area contributed by atoms with Crippen molar-refractivity contribution < 1.29 is 8.42 Å². The summed E-state index contributed by atoms with van der Waals surface area (Å²) in [5.41, 5.74) is 0.644. The first kappa shape index (κ1) is 10.5. The minimum atomic E-state index is -3.18. The second-order valence-electron chi connectivity index (χ2n) is 2.68. The normalized spacial score (nSPS) is 11.3. The van der Waals surface area contributed by atoms with Gasteiger partial charge in [-0.25, -0.2) is 8.42 Å². The summed E-state index contributed by atoms with van der Waals surface area (Å²) in [6.07, 6.45) is 1.17. The smallest absolute Gasteiger partial charge is 0.232 e. The maximum atomic E-state index is 11.2. The molecule has 13 heavy (non-hydrogen) atoms. The summed E-state index contributed by atoms with van der Waals surface area (Å²) in [6.45, 7) is 0. The third-order valence-electron chi connectivity index (χ3n) is 1.69. The largest absolute Gasteiger partial charge is 0.272 e. The second kappa shape index (κ2) is 3.67. The van der Waals surface area contributed by atoms with Crippen LogP contribution >= 0.6 is 15.9 Å². The molecule has 0 spiro atoms. The summed E-state index contributed by atoms with van der Waals surface area (Å²) in [4.78, 5) is 0. The number of anilines is 1. The first-order valence-corrected chi connectivity index (χ1v) is 6.25. The third kappa shape index (κ3) is 2.45. The van der Waals surface area contributed by atoms with E-state index in [9.17, 15) is 8.42 Å². The molecule has 0 atom stereocenters. The average molecular weight is 264 g/mol. The number of nitrogens with zero attached hydrogens (tertiary/aromatic N) is 1.